The van der Waals surface area contributed by atoms with Crippen LogP contribution in [-0.4, -0.2) is 103 Å². The lowest BCUT2D eigenvalue weighted by molar-refractivity contribution is -0.153. The molecule has 0 saturated carbocycles. The number of ether oxygens (including phenoxy) is 7. The molecule has 5 atom stereocenters. The summed E-state index contributed by atoms with van der Waals surface area (Å²) in [5.74, 6) is -2.97. The molecule has 1 fully saturated rings. The van der Waals surface area contributed by atoms with E-state index in [0.717, 1.165) is 33.3 Å². The molecule has 1 unspecified atom stereocenters. The standard InChI is InChI=1S/C66H63N5O13/c1-37(2)55(69-63(75)80-35-48-43-21-13-11-19-41(43)42-20-12-14-22-44(42)48)60(73)68-56-58(72)66(50-30-39(27-28-52(50)78-6)29-40-34-82-65(3,4)71(40)64(76)81-33-38-17-9-8-10-18-38)49-25-15-24-46(57(49)84-59(66)62(74)79-7)45-23-16-26-51-54(45)47(32-70(51)36-77-5)53-31-67-61(56)83-53/h8-28,30-32,37,40,48,55-56,59H,29,33-36H2,1-7H3,(H,68,73)(H,69,75)/t40-,55-,56?,59+,66-/m0/s1. The van der Waals surface area contributed by atoms with Crippen molar-refractivity contribution in [1.29, 1.82) is 0 Å². The van der Waals surface area contributed by atoms with Gasteiger partial charge in [0.05, 0.1) is 38.6 Å². The molecule has 1 aliphatic carbocycles. The summed E-state index contributed by atoms with van der Waals surface area (Å²) in [6.07, 6.45) is 0.311. The van der Waals surface area contributed by atoms with Crippen molar-refractivity contribution in [3.8, 4) is 45.1 Å². The molecule has 430 valence electrons. The number of carbonyl (C=O) groups is 5. The highest BCUT2D eigenvalue weighted by Crippen LogP contribution is 2.57. The first-order valence-corrected chi connectivity index (χ1v) is 27.9. The van der Waals surface area contributed by atoms with Crippen LogP contribution in [0.3, 0.4) is 0 Å². The fraction of sp³-hybridized carbons (Fsp3) is 0.303. The van der Waals surface area contributed by atoms with Gasteiger partial charge in [-0.25, -0.2) is 19.4 Å². The number of benzene rings is 6. The van der Waals surface area contributed by atoms with Gasteiger partial charge in [-0.3, -0.25) is 14.5 Å². The zero-order valence-corrected chi connectivity index (χ0v) is 47.5. The fourth-order valence-electron chi connectivity index (χ4n) is 12.8. The summed E-state index contributed by atoms with van der Waals surface area (Å²) in [5, 5.41) is 6.47. The number of ketones is 1. The summed E-state index contributed by atoms with van der Waals surface area (Å²) in [7, 11) is 4.23. The molecule has 18 nitrogen and oxygen atoms in total. The van der Waals surface area contributed by atoms with Crippen LogP contribution in [0, 0.1) is 5.92 Å². The Labute approximate surface area is 484 Å². The van der Waals surface area contributed by atoms with Crippen molar-refractivity contribution >= 4 is 40.7 Å². The van der Waals surface area contributed by atoms with Gasteiger partial charge in [0.2, 0.25) is 17.9 Å². The highest BCUT2D eigenvalue weighted by Gasteiger charge is 2.64. The van der Waals surface area contributed by atoms with Gasteiger partial charge < -0.3 is 52.8 Å². The molecule has 2 N–H and O–H groups in total. The van der Waals surface area contributed by atoms with E-state index in [1.165, 1.54) is 20.4 Å². The third kappa shape index (κ3) is 9.38. The number of alkyl carbamates (subject to hydrolysis) is 1. The number of aromatic nitrogens is 2. The van der Waals surface area contributed by atoms with E-state index in [4.69, 9.17) is 42.6 Å². The Morgan fingerprint density at radius 3 is 2.19 bits per heavy atom. The normalized spacial score (nSPS) is 19.4. The lowest BCUT2D eigenvalue weighted by Gasteiger charge is -2.36. The molecule has 84 heavy (non-hydrogen) atoms. The number of esters is 1. The Bertz CT molecular complexity index is 3840. The zero-order chi connectivity index (χ0) is 58.6. The van der Waals surface area contributed by atoms with Crippen molar-refractivity contribution in [2.75, 3.05) is 34.5 Å². The number of para-hydroxylation sites is 1. The maximum Gasteiger partial charge on any atom is 0.412 e. The van der Waals surface area contributed by atoms with Crippen molar-refractivity contribution in [2.45, 2.75) is 88.7 Å². The second-order valence-corrected chi connectivity index (χ2v) is 22.3. The number of methoxy groups -OCH3 is 3. The molecule has 6 aromatic carbocycles. The second kappa shape index (κ2) is 22.1. The number of Topliss-reactive ketones (excluding diaryl/α,β-unsaturated/α-hetero) is 1. The second-order valence-electron chi connectivity index (χ2n) is 22.3. The minimum absolute atomic E-state index is 0.0172. The van der Waals surface area contributed by atoms with Crippen molar-refractivity contribution in [1.82, 2.24) is 25.1 Å². The minimum Gasteiger partial charge on any atom is -0.496 e. The molecular weight excluding hydrogens is 1070 g/mol. The lowest BCUT2D eigenvalue weighted by atomic mass is 9.65. The van der Waals surface area contributed by atoms with E-state index in [1.807, 2.05) is 120 Å². The number of amides is 3. The largest absolute Gasteiger partial charge is 0.496 e. The van der Waals surface area contributed by atoms with Crippen LogP contribution in [0.4, 0.5) is 9.59 Å². The molecule has 8 aromatic rings. The predicted octanol–water partition coefficient (Wildman–Crippen LogP) is 10.4. The summed E-state index contributed by atoms with van der Waals surface area (Å²) in [6, 6.07) is 38.0. The van der Waals surface area contributed by atoms with Gasteiger partial charge >= 0.3 is 18.2 Å². The SMILES string of the molecule is COCn1cc2c3c(cccc31)-c1cccc3c1O[C@H](C(=O)OC)[C@@]3(c1cc(C[C@H]3COC(C)(C)N3C(=O)OCc3ccccc3)ccc1OC)C(=O)C(NC(=O)[C@@H](NC(=O)OCC1c3ccccc3-c3ccccc31)C(C)C)c1ncc-2o1. The first-order valence-electron chi connectivity index (χ1n) is 27.9. The Morgan fingerprint density at radius 1 is 0.774 bits per heavy atom. The molecular formula is C66H63N5O13. The average molecular weight is 1130 g/mol. The monoisotopic (exact) mass is 1130 g/mol. The zero-order valence-electron chi connectivity index (χ0n) is 47.5. The summed E-state index contributed by atoms with van der Waals surface area (Å²) in [4.78, 5) is 81.8. The molecule has 1 saturated heterocycles. The number of fused-ring (bicyclic) bond motifs is 7. The average Bonchev–Trinajstić information content (AvgIpc) is 1.53. The Hall–Kier alpha value is -9.26. The third-order valence-electron chi connectivity index (χ3n) is 16.6. The van der Waals surface area contributed by atoms with Crippen molar-refractivity contribution < 1.29 is 61.5 Å². The van der Waals surface area contributed by atoms with Gasteiger partial charge in [0.1, 0.15) is 48.6 Å². The van der Waals surface area contributed by atoms with Crippen molar-refractivity contribution in [2.24, 2.45) is 5.92 Å². The summed E-state index contributed by atoms with van der Waals surface area (Å²) in [6.45, 7) is 7.41. The maximum absolute atomic E-state index is 17.1. The summed E-state index contributed by atoms with van der Waals surface area (Å²) < 4.78 is 51.2. The van der Waals surface area contributed by atoms with E-state index in [9.17, 15) is 14.4 Å². The van der Waals surface area contributed by atoms with Crippen LogP contribution in [0.25, 0.3) is 44.5 Å². The molecule has 12 rings (SSSR count). The first-order chi connectivity index (χ1) is 40.7. The lowest BCUT2D eigenvalue weighted by Crippen LogP contribution is -2.57. The molecule has 0 radical (unpaired) electrons. The smallest absolute Gasteiger partial charge is 0.412 e. The molecule has 5 heterocycles. The molecule has 18 heteroatoms. The van der Waals surface area contributed by atoms with E-state index in [2.05, 4.69) is 10.6 Å². The van der Waals surface area contributed by atoms with Gasteiger partial charge in [0, 0.05) is 46.9 Å². The number of oxazole rings is 1. The van der Waals surface area contributed by atoms with Crippen LogP contribution in [0.5, 0.6) is 11.5 Å². The predicted molar refractivity (Wildman–Crippen MR) is 309 cm³/mol. The van der Waals surface area contributed by atoms with E-state index in [-0.39, 0.29) is 73.2 Å². The number of hydrogen-bond donors (Lipinski definition) is 2. The van der Waals surface area contributed by atoms with Gasteiger partial charge in [0.25, 0.3) is 0 Å². The molecule has 3 amide bonds. The van der Waals surface area contributed by atoms with Gasteiger partial charge in [-0.15, -0.1) is 0 Å². The highest BCUT2D eigenvalue weighted by atomic mass is 16.6. The van der Waals surface area contributed by atoms with E-state index in [1.54, 1.807) is 64.0 Å². The van der Waals surface area contributed by atoms with E-state index >= 15 is 9.59 Å². The van der Waals surface area contributed by atoms with Crippen LogP contribution in [0.1, 0.15) is 78.9 Å². The Morgan fingerprint density at radius 2 is 1.48 bits per heavy atom. The highest BCUT2D eigenvalue weighted by molar-refractivity contribution is 6.10. The topological polar surface area (TPSA) is 208 Å². The van der Waals surface area contributed by atoms with Crippen LogP contribution in [0.15, 0.2) is 150 Å². The van der Waals surface area contributed by atoms with Gasteiger partial charge in [0.15, 0.2) is 17.6 Å². The maximum atomic E-state index is 17.1. The van der Waals surface area contributed by atoms with E-state index in [0.29, 0.717) is 27.6 Å². The number of carbonyl (C=O) groups excluding carboxylic acids is 5. The molecule has 3 aliphatic heterocycles. The van der Waals surface area contributed by atoms with Crippen LogP contribution < -0.4 is 20.1 Å². The Kier molecular flexibility index (Phi) is 14.6. The third-order valence-corrected chi connectivity index (χ3v) is 16.6. The first kappa shape index (κ1) is 55.3. The van der Waals surface area contributed by atoms with Gasteiger partial charge in [-0.2, -0.15) is 0 Å². The summed E-state index contributed by atoms with van der Waals surface area (Å²) >= 11 is 0. The van der Waals surface area contributed by atoms with Gasteiger partial charge in [-0.1, -0.05) is 135 Å². The van der Waals surface area contributed by atoms with Gasteiger partial charge in [-0.05, 0) is 77.3 Å². The quantitative estimate of drug-likeness (QED) is 0.0723. The van der Waals surface area contributed by atoms with E-state index < -0.39 is 71.1 Å². The van der Waals surface area contributed by atoms with Crippen molar-refractivity contribution in [3.63, 3.8) is 0 Å². The number of nitrogens with one attached hydrogen (secondary N) is 2. The molecule has 4 aliphatic rings. The molecule has 6 bridgehead atoms. The minimum atomic E-state index is -2.24. The van der Waals surface area contributed by atoms with Crippen molar-refractivity contribution in [3.05, 3.63) is 185 Å². The number of hydrogen-bond acceptors (Lipinski definition) is 14. The fourth-order valence-corrected chi connectivity index (χ4v) is 12.8. The van der Waals surface area contributed by atoms with Crippen LogP contribution in [0.2, 0.25) is 0 Å². The molecule has 2 aromatic heterocycles. The number of rotatable bonds is 15. The summed E-state index contributed by atoms with van der Waals surface area (Å²) in [5.41, 5.74) is 5.21. The van der Waals surface area contributed by atoms with Crippen LogP contribution >= 0.6 is 0 Å². The Balaban J connectivity index is 0.979. The van der Waals surface area contributed by atoms with Crippen LogP contribution in [-0.2, 0) is 63.2 Å². The number of nitrogens with zero attached hydrogens (tertiary/aromatic N) is 3. The molecule has 0 spiro atoms.